The highest BCUT2D eigenvalue weighted by molar-refractivity contribution is 5.51. The Balaban J connectivity index is 3.52. The zero-order valence-corrected chi connectivity index (χ0v) is 14.4. The lowest BCUT2D eigenvalue weighted by Crippen LogP contribution is -2.22. The Morgan fingerprint density at radius 3 is 1.20 bits per heavy atom. The number of benzene rings is 1. The van der Waals surface area contributed by atoms with Gasteiger partial charge < -0.3 is 9.47 Å². The van der Waals surface area contributed by atoms with Crippen molar-refractivity contribution in [3.8, 4) is 11.5 Å². The standard InChI is InChI=1S/C18H30O2/c1-9-19-15-11-13(17(3,4)5)14(18(6,7)8)12-16(15)20-10-2/h11-12H,9-10H2,1-8H3. The molecule has 0 spiro atoms. The molecule has 0 bridgehead atoms. The van der Waals surface area contributed by atoms with Gasteiger partial charge in [-0.1, -0.05) is 41.5 Å². The number of rotatable bonds is 4. The molecule has 0 unspecified atom stereocenters. The molecule has 1 rings (SSSR count). The predicted molar refractivity (Wildman–Crippen MR) is 86.2 cm³/mol. The molecule has 20 heavy (non-hydrogen) atoms. The van der Waals surface area contributed by atoms with Gasteiger partial charge in [0.25, 0.3) is 0 Å². The Morgan fingerprint density at radius 2 is 1.00 bits per heavy atom. The molecule has 114 valence electrons. The van der Waals surface area contributed by atoms with Crippen LogP contribution in [0.1, 0.15) is 66.5 Å². The van der Waals surface area contributed by atoms with Crippen LogP contribution in [0.3, 0.4) is 0 Å². The van der Waals surface area contributed by atoms with E-state index in [1.165, 1.54) is 11.1 Å². The number of hydrogen-bond donors (Lipinski definition) is 0. The maximum Gasteiger partial charge on any atom is 0.161 e. The summed E-state index contributed by atoms with van der Waals surface area (Å²) in [6, 6.07) is 4.32. The van der Waals surface area contributed by atoms with E-state index in [2.05, 4.69) is 53.7 Å². The predicted octanol–water partition coefficient (Wildman–Crippen LogP) is 5.08. The molecule has 1 aromatic carbocycles. The van der Waals surface area contributed by atoms with Gasteiger partial charge in [0.05, 0.1) is 13.2 Å². The van der Waals surface area contributed by atoms with Crippen LogP contribution in [0.4, 0.5) is 0 Å². The monoisotopic (exact) mass is 278 g/mol. The second kappa shape index (κ2) is 6.07. The summed E-state index contributed by atoms with van der Waals surface area (Å²) in [5, 5.41) is 0. The largest absolute Gasteiger partial charge is 0.490 e. The van der Waals surface area contributed by atoms with Gasteiger partial charge in [0.15, 0.2) is 11.5 Å². The summed E-state index contributed by atoms with van der Waals surface area (Å²) in [4.78, 5) is 0. The van der Waals surface area contributed by atoms with E-state index in [-0.39, 0.29) is 10.8 Å². The summed E-state index contributed by atoms with van der Waals surface area (Å²) in [5.41, 5.74) is 2.83. The molecule has 0 aliphatic carbocycles. The molecule has 0 N–H and O–H groups in total. The summed E-state index contributed by atoms with van der Waals surface area (Å²) in [7, 11) is 0. The van der Waals surface area contributed by atoms with Crippen LogP contribution in [0, 0.1) is 0 Å². The Labute approximate surface area is 124 Å². The highest BCUT2D eigenvalue weighted by Gasteiger charge is 2.27. The molecule has 1 aromatic rings. The van der Waals surface area contributed by atoms with Gasteiger partial charge >= 0.3 is 0 Å². The molecule has 0 aromatic heterocycles. The lowest BCUT2D eigenvalue weighted by atomic mass is 9.75. The molecule has 0 saturated heterocycles. The minimum atomic E-state index is 0.0825. The SMILES string of the molecule is CCOc1cc(C(C)(C)C)c(C(C)(C)C)cc1OCC. The molecular weight excluding hydrogens is 248 g/mol. The summed E-state index contributed by atoms with van der Waals surface area (Å²) < 4.78 is 11.5. The molecule has 0 aliphatic heterocycles. The van der Waals surface area contributed by atoms with E-state index < -0.39 is 0 Å². The zero-order valence-electron chi connectivity index (χ0n) is 14.4. The van der Waals surface area contributed by atoms with E-state index in [9.17, 15) is 0 Å². The topological polar surface area (TPSA) is 18.5 Å². The van der Waals surface area contributed by atoms with E-state index in [0.29, 0.717) is 13.2 Å². The molecule has 0 aliphatic rings. The van der Waals surface area contributed by atoms with Crippen molar-refractivity contribution in [1.82, 2.24) is 0 Å². The molecule has 2 nitrogen and oxygen atoms in total. The van der Waals surface area contributed by atoms with E-state index in [1.54, 1.807) is 0 Å². The van der Waals surface area contributed by atoms with Crippen molar-refractivity contribution < 1.29 is 9.47 Å². The van der Waals surface area contributed by atoms with E-state index in [1.807, 2.05) is 13.8 Å². The molecule has 0 fully saturated rings. The smallest absolute Gasteiger partial charge is 0.161 e. The fourth-order valence-corrected chi connectivity index (χ4v) is 2.34. The van der Waals surface area contributed by atoms with Gasteiger partial charge in [0.2, 0.25) is 0 Å². The summed E-state index contributed by atoms with van der Waals surface area (Å²) >= 11 is 0. The first-order valence-electron chi connectivity index (χ1n) is 7.55. The van der Waals surface area contributed by atoms with Crippen molar-refractivity contribution in [2.75, 3.05) is 13.2 Å². The highest BCUT2D eigenvalue weighted by Crippen LogP contribution is 2.41. The average Bonchev–Trinajstić information content (AvgIpc) is 2.28. The third-order valence-corrected chi connectivity index (χ3v) is 3.30. The van der Waals surface area contributed by atoms with Crippen LogP contribution in [0.15, 0.2) is 12.1 Å². The molecule has 0 amide bonds. The second-order valence-electron chi connectivity index (χ2n) is 7.21. The van der Waals surface area contributed by atoms with E-state index >= 15 is 0 Å². The Hall–Kier alpha value is -1.18. The zero-order chi connectivity index (χ0) is 15.6. The first-order chi connectivity index (χ1) is 9.11. The highest BCUT2D eigenvalue weighted by atomic mass is 16.5. The average molecular weight is 278 g/mol. The van der Waals surface area contributed by atoms with Gasteiger partial charge in [-0.05, 0) is 47.9 Å². The van der Waals surface area contributed by atoms with Crippen molar-refractivity contribution in [2.24, 2.45) is 0 Å². The van der Waals surface area contributed by atoms with Gasteiger partial charge in [0.1, 0.15) is 0 Å². The summed E-state index contributed by atoms with van der Waals surface area (Å²) in [6.07, 6.45) is 0. The fourth-order valence-electron chi connectivity index (χ4n) is 2.34. The van der Waals surface area contributed by atoms with Gasteiger partial charge in [-0.3, -0.25) is 0 Å². The number of hydrogen-bond acceptors (Lipinski definition) is 2. The molecular formula is C18H30O2. The summed E-state index contributed by atoms with van der Waals surface area (Å²) in [6.45, 7) is 18.8. The lowest BCUT2D eigenvalue weighted by Gasteiger charge is -2.31. The molecule has 0 heterocycles. The van der Waals surface area contributed by atoms with Gasteiger partial charge in [-0.2, -0.15) is 0 Å². The second-order valence-corrected chi connectivity index (χ2v) is 7.21. The Morgan fingerprint density at radius 1 is 0.700 bits per heavy atom. The van der Waals surface area contributed by atoms with Gasteiger partial charge in [-0.25, -0.2) is 0 Å². The van der Waals surface area contributed by atoms with Crippen LogP contribution in [0.5, 0.6) is 11.5 Å². The van der Waals surface area contributed by atoms with Crippen molar-refractivity contribution in [3.63, 3.8) is 0 Å². The van der Waals surface area contributed by atoms with Crippen molar-refractivity contribution in [1.29, 1.82) is 0 Å². The van der Waals surface area contributed by atoms with Crippen LogP contribution in [-0.4, -0.2) is 13.2 Å². The maximum absolute atomic E-state index is 5.77. The minimum absolute atomic E-state index is 0.0825. The van der Waals surface area contributed by atoms with Crippen molar-refractivity contribution >= 4 is 0 Å². The quantitative estimate of drug-likeness (QED) is 0.764. The van der Waals surface area contributed by atoms with Gasteiger partial charge in [0, 0.05) is 0 Å². The Bertz CT molecular complexity index is 405. The van der Waals surface area contributed by atoms with Crippen LogP contribution in [0.2, 0.25) is 0 Å². The summed E-state index contributed by atoms with van der Waals surface area (Å²) in [5.74, 6) is 1.71. The third kappa shape index (κ3) is 3.91. The fraction of sp³-hybridized carbons (Fsp3) is 0.667. The normalized spacial score (nSPS) is 12.4. The lowest BCUT2D eigenvalue weighted by molar-refractivity contribution is 0.286. The number of ether oxygens (including phenoxy) is 2. The molecule has 2 heteroatoms. The first kappa shape index (κ1) is 16.9. The van der Waals surface area contributed by atoms with Crippen LogP contribution in [0.25, 0.3) is 0 Å². The van der Waals surface area contributed by atoms with Crippen LogP contribution < -0.4 is 9.47 Å². The van der Waals surface area contributed by atoms with E-state index in [0.717, 1.165) is 11.5 Å². The first-order valence-corrected chi connectivity index (χ1v) is 7.55. The molecule has 0 atom stereocenters. The van der Waals surface area contributed by atoms with Crippen LogP contribution >= 0.6 is 0 Å². The third-order valence-electron chi connectivity index (χ3n) is 3.30. The minimum Gasteiger partial charge on any atom is -0.490 e. The van der Waals surface area contributed by atoms with Gasteiger partial charge in [-0.15, -0.1) is 0 Å². The molecule has 0 saturated carbocycles. The van der Waals surface area contributed by atoms with Crippen molar-refractivity contribution in [3.05, 3.63) is 23.3 Å². The Kier molecular flexibility index (Phi) is 5.12. The molecule has 0 radical (unpaired) electrons. The van der Waals surface area contributed by atoms with Crippen LogP contribution in [-0.2, 0) is 10.8 Å². The maximum atomic E-state index is 5.77. The van der Waals surface area contributed by atoms with E-state index in [4.69, 9.17) is 9.47 Å². The van der Waals surface area contributed by atoms with Crippen molar-refractivity contribution in [2.45, 2.75) is 66.2 Å².